The van der Waals surface area contributed by atoms with Crippen LogP contribution in [0.4, 0.5) is 18.9 Å². The van der Waals surface area contributed by atoms with Crippen molar-refractivity contribution in [1.29, 1.82) is 0 Å². The van der Waals surface area contributed by atoms with Gasteiger partial charge in [-0.25, -0.2) is 0 Å². The topological polar surface area (TPSA) is 101 Å². The molecule has 1 N–H and O–H groups in total. The average molecular weight is 469 g/mol. The first-order valence-corrected chi connectivity index (χ1v) is 10.2. The fourth-order valence-corrected chi connectivity index (χ4v) is 3.65. The Morgan fingerprint density at radius 1 is 1.25 bits per heavy atom. The third-order valence-corrected chi connectivity index (χ3v) is 5.57. The second-order valence-electron chi connectivity index (χ2n) is 6.32. The number of ether oxygens (including phenoxy) is 2. The highest BCUT2D eigenvalue weighted by Crippen LogP contribution is 2.33. The standard InChI is InChI=1S/C20H18F3N3O5S/c1-3-16(17(27)24-14-6-4-5-7-15(14)30-20(21,22)23)32-18-19(28)31-25-26(18)12-8-10-13(29-2)11-9-12/h4-11,16H,3H2,1-2H3,(H-,24,25,27,28). The molecule has 1 aromatic heterocycles. The van der Waals surface area contributed by atoms with Crippen LogP contribution in [0.5, 0.6) is 17.4 Å². The van der Waals surface area contributed by atoms with Crippen LogP contribution in [0.15, 0.2) is 58.1 Å². The third-order valence-electron chi connectivity index (χ3n) is 4.18. The van der Waals surface area contributed by atoms with Crippen LogP contribution in [0, 0.1) is 0 Å². The highest BCUT2D eigenvalue weighted by molar-refractivity contribution is 8.00. The van der Waals surface area contributed by atoms with E-state index in [2.05, 4.69) is 15.3 Å². The maximum atomic E-state index is 12.8. The van der Waals surface area contributed by atoms with Crippen LogP contribution in [0.1, 0.15) is 13.3 Å². The number of nitrogens with one attached hydrogen (secondary N) is 1. The zero-order valence-corrected chi connectivity index (χ0v) is 17.7. The third kappa shape index (κ3) is 5.63. The van der Waals surface area contributed by atoms with E-state index < -0.39 is 29.2 Å². The summed E-state index contributed by atoms with van der Waals surface area (Å²) in [6, 6.07) is 11.8. The fourth-order valence-electron chi connectivity index (χ4n) is 2.68. The van der Waals surface area contributed by atoms with Gasteiger partial charge in [-0.05, 0) is 47.1 Å². The van der Waals surface area contributed by atoms with E-state index in [4.69, 9.17) is 9.26 Å². The lowest BCUT2D eigenvalue weighted by atomic mass is 10.2. The smallest absolute Gasteiger partial charge is 0.538 e. The Balaban J connectivity index is 1.81. The SMILES string of the molecule is CCC(Sc1c([O-])on[n+]1-c1ccc(OC)cc1)C(=O)Nc1ccccc1OC(F)(F)F. The van der Waals surface area contributed by atoms with E-state index >= 15 is 0 Å². The van der Waals surface area contributed by atoms with Gasteiger partial charge in [-0.3, -0.25) is 4.79 Å². The maximum Gasteiger partial charge on any atom is 0.573 e. The number of alkyl halides is 3. The van der Waals surface area contributed by atoms with E-state index in [-0.39, 0.29) is 17.1 Å². The maximum absolute atomic E-state index is 12.8. The predicted octanol–water partition coefficient (Wildman–Crippen LogP) is 3.44. The minimum atomic E-state index is -4.91. The van der Waals surface area contributed by atoms with Crippen molar-refractivity contribution in [1.82, 2.24) is 5.27 Å². The molecular formula is C20H18F3N3O5S. The molecule has 1 atom stereocenters. The molecule has 12 heteroatoms. The van der Waals surface area contributed by atoms with Crippen LogP contribution in [0.3, 0.4) is 0 Å². The quantitative estimate of drug-likeness (QED) is 0.398. The second-order valence-corrected chi connectivity index (χ2v) is 7.51. The van der Waals surface area contributed by atoms with Gasteiger partial charge < -0.3 is 24.4 Å². The van der Waals surface area contributed by atoms with Crippen molar-refractivity contribution in [3.05, 3.63) is 48.5 Å². The Kier molecular flexibility index (Phi) is 7.13. The number of halogens is 3. The molecule has 0 spiro atoms. The molecule has 0 bridgehead atoms. The molecule has 3 rings (SSSR count). The average Bonchev–Trinajstić information content (AvgIpc) is 3.12. The molecule has 170 valence electrons. The van der Waals surface area contributed by atoms with Crippen LogP contribution in [-0.2, 0) is 4.79 Å². The van der Waals surface area contributed by atoms with Crippen LogP contribution >= 0.6 is 11.8 Å². The summed E-state index contributed by atoms with van der Waals surface area (Å²) in [5.41, 5.74) is 0.350. The van der Waals surface area contributed by atoms with E-state index in [1.54, 1.807) is 31.2 Å². The molecule has 3 aromatic rings. The summed E-state index contributed by atoms with van der Waals surface area (Å²) in [7, 11) is 1.51. The monoisotopic (exact) mass is 469 g/mol. The van der Waals surface area contributed by atoms with Crippen molar-refractivity contribution in [3.63, 3.8) is 0 Å². The van der Waals surface area contributed by atoms with Crippen LogP contribution in [-0.4, -0.2) is 29.9 Å². The lowest BCUT2D eigenvalue weighted by Gasteiger charge is -2.16. The minimum Gasteiger partial charge on any atom is -0.538 e. The zero-order chi connectivity index (χ0) is 23.3. The first kappa shape index (κ1) is 23.3. The van der Waals surface area contributed by atoms with Gasteiger partial charge in [0, 0.05) is 12.1 Å². The Morgan fingerprint density at radius 3 is 2.56 bits per heavy atom. The van der Waals surface area contributed by atoms with Crippen molar-refractivity contribution in [2.45, 2.75) is 30.0 Å². The summed E-state index contributed by atoms with van der Waals surface area (Å²) in [4.78, 5) is 12.8. The van der Waals surface area contributed by atoms with Gasteiger partial charge in [0.1, 0.15) is 5.75 Å². The Bertz CT molecular complexity index is 1070. The minimum absolute atomic E-state index is 0.0389. The molecule has 0 fully saturated rings. The molecule has 1 unspecified atom stereocenters. The van der Waals surface area contributed by atoms with Gasteiger partial charge in [0.25, 0.3) is 5.03 Å². The van der Waals surface area contributed by atoms with Crippen molar-refractivity contribution in [2.75, 3.05) is 12.4 Å². The number of carbonyl (C=O) groups excluding carboxylic acids is 1. The van der Waals surface area contributed by atoms with E-state index in [1.807, 2.05) is 0 Å². The number of carbonyl (C=O) groups is 1. The summed E-state index contributed by atoms with van der Waals surface area (Å²) >= 11 is 0.888. The number of para-hydroxylation sites is 2. The predicted molar refractivity (Wildman–Crippen MR) is 106 cm³/mol. The van der Waals surface area contributed by atoms with E-state index in [0.29, 0.717) is 11.4 Å². The Hall–Kier alpha value is -3.41. The number of thioether (sulfide) groups is 1. The molecule has 0 aliphatic heterocycles. The van der Waals surface area contributed by atoms with Crippen molar-refractivity contribution < 1.29 is 41.8 Å². The summed E-state index contributed by atoms with van der Waals surface area (Å²) in [5.74, 6) is -1.31. The van der Waals surface area contributed by atoms with Crippen molar-refractivity contribution in [2.24, 2.45) is 0 Å². The number of anilines is 1. The number of benzene rings is 2. The van der Waals surface area contributed by atoms with Gasteiger partial charge in [0.15, 0.2) is 11.7 Å². The molecule has 0 aliphatic carbocycles. The van der Waals surface area contributed by atoms with E-state index in [0.717, 1.165) is 17.8 Å². The number of nitrogens with zero attached hydrogens (tertiary/aromatic N) is 2. The molecule has 32 heavy (non-hydrogen) atoms. The first-order valence-electron chi connectivity index (χ1n) is 9.27. The molecule has 0 saturated heterocycles. The largest absolute Gasteiger partial charge is 0.573 e. The van der Waals surface area contributed by atoms with Gasteiger partial charge in [-0.15, -0.1) is 13.2 Å². The Morgan fingerprint density at radius 2 is 1.94 bits per heavy atom. The molecular weight excluding hydrogens is 451 g/mol. The second kappa shape index (κ2) is 9.81. The van der Waals surface area contributed by atoms with Crippen LogP contribution < -0.4 is 24.6 Å². The lowest BCUT2D eigenvalue weighted by molar-refractivity contribution is -0.705. The normalized spacial score (nSPS) is 12.3. The molecule has 0 radical (unpaired) electrons. The lowest BCUT2D eigenvalue weighted by Crippen LogP contribution is -2.36. The molecule has 1 amide bonds. The van der Waals surface area contributed by atoms with Gasteiger partial charge in [-0.2, -0.15) is 0 Å². The number of methoxy groups -OCH3 is 1. The molecule has 2 aromatic carbocycles. The highest BCUT2D eigenvalue weighted by atomic mass is 32.2. The van der Waals surface area contributed by atoms with Gasteiger partial charge in [-0.1, -0.05) is 19.1 Å². The summed E-state index contributed by atoms with van der Waals surface area (Å²) in [6.45, 7) is 1.70. The van der Waals surface area contributed by atoms with Crippen molar-refractivity contribution >= 4 is 23.4 Å². The van der Waals surface area contributed by atoms with Gasteiger partial charge in [0.05, 0.1) is 23.3 Å². The molecule has 0 saturated carbocycles. The molecule has 1 heterocycles. The van der Waals surface area contributed by atoms with Gasteiger partial charge in [0.2, 0.25) is 11.6 Å². The van der Waals surface area contributed by atoms with Crippen LogP contribution in [0.25, 0.3) is 5.69 Å². The summed E-state index contributed by atoms with van der Waals surface area (Å²) in [6.07, 6.45) is -4.64. The fraction of sp³-hybridized carbons (Fsp3) is 0.250. The number of rotatable bonds is 8. The number of hydrogen-bond acceptors (Lipinski definition) is 7. The first-order chi connectivity index (χ1) is 15.2. The molecule has 8 nitrogen and oxygen atoms in total. The summed E-state index contributed by atoms with van der Waals surface area (Å²) < 4.78 is 52.9. The number of aromatic nitrogens is 2. The zero-order valence-electron chi connectivity index (χ0n) is 16.9. The van der Waals surface area contributed by atoms with E-state index in [9.17, 15) is 23.1 Å². The number of amides is 1. The summed E-state index contributed by atoms with van der Waals surface area (Å²) in [5, 5.41) is 17.6. The highest BCUT2D eigenvalue weighted by Gasteiger charge is 2.33. The van der Waals surface area contributed by atoms with E-state index in [1.165, 1.54) is 30.0 Å². The Labute approximate surface area is 184 Å². The van der Waals surface area contributed by atoms with Gasteiger partial charge >= 0.3 is 6.36 Å². The number of hydrogen-bond donors (Lipinski definition) is 1. The van der Waals surface area contributed by atoms with Crippen molar-refractivity contribution in [3.8, 4) is 23.1 Å². The molecule has 0 aliphatic rings. The van der Waals surface area contributed by atoms with Crippen LogP contribution in [0.2, 0.25) is 0 Å².